The van der Waals surface area contributed by atoms with E-state index in [1.54, 1.807) is 12.0 Å². The van der Waals surface area contributed by atoms with Gasteiger partial charge in [0, 0.05) is 56.5 Å². The highest BCUT2D eigenvalue weighted by molar-refractivity contribution is 5.89. The molecule has 0 spiro atoms. The van der Waals surface area contributed by atoms with Gasteiger partial charge in [0.2, 0.25) is 0 Å². The number of aldehydes is 1. The minimum atomic E-state index is -0.106. The molecule has 1 aliphatic heterocycles. The van der Waals surface area contributed by atoms with Crippen molar-refractivity contribution in [3.05, 3.63) is 96.1 Å². The van der Waals surface area contributed by atoms with Gasteiger partial charge in [-0.05, 0) is 74.3 Å². The first-order chi connectivity index (χ1) is 22.1. The number of aliphatic hydroxyl groups is 1. The van der Waals surface area contributed by atoms with Crippen LogP contribution in [0.25, 0.3) is 0 Å². The molecule has 2 N–H and O–H groups in total. The Balaban J connectivity index is 0.000000469. The topological polar surface area (TPSA) is 91.3 Å². The van der Waals surface area contributed by atoms with E-state index in [1.165, 1.54) is 0 Å². The van der Waals surface area contributed by atoms with Crippen LogP contribution in [-0.2, 0) is 9.53 Å². The van der Waals surface area contributed by atoms with Crippen LogP contribution >= 0.6 is 0 Å². The van der Waals surface area contributed by atoms with E-state index in [-0.39, 0.29) is 6.03 Å². The Kier molecular flexibility index (Phi) is 21.8. The Morgan fingerprint density at radius 2 is 1.53 bits per heavy atom. The van der Waals surface area contributed by atoms with Crippen LogP contribution in [0.3, 0.4) is 0 Å². The number of rotatable bonds is 12. The Bertz CT molecular complexity index is 1180. The summed E-state index contributed by atoms with van der Waals surface area (Å²) in [5.41, 5.74) is 2.86. The van der Waals surface area contributed by atoms with Gasteiger partial charge in [0.05, 0.1) is 20.3 Å². The van der Waals surface area contributed by atoms with E-state index in [0.29, 0.717) is 25.7 Å². The largest absolute Gasteiger partial charge is 0.497 e. The van der Waals surface area contributed by atoms with Gasteiger partial charge in [0.1, 0.15) is 12.0 Å². The van der Waals surface area contributed by atoms with E-state index in [4.69, 9.17) is 14.6 Å². The molecule has 0 radical (unpaired) electrons. The van der Waals surface area contributed by atoms with Crippen LogP contribution in [0.4, 0.5) is 10.5 Å². The first kappa shape index (κ1) is 38.9. The molecule has 3 aromatic carbocycles. The molecule has 244 valence electrons. The molecule has 1 atom stereocenters. The number of amides is 2. The number of carbonyl (C=O) groups excluding carboxylic acids is 2. The molecule has 45 heavy (non-hydrogen) atoms. The molecular weight excluding hydrogens is 566 g/mol. The average Bonchev–Trinajstić information content (AvgIpc) is 3.10. The summed E-state index contributed by atoms with van der Waals surface area (Å²) in [6.45, 7) is 8.07. The monoisotopic (exact) mass is 617 g/mol. The third-order valence-corrected chi connectivity index (χ3v) is 6.73. The number of unbranched alkanes of at least 4 members (excludes halogenated alkanes) is 1. The van der Waals surface area contributed by atoms with Crippen molar-refractivity contribution in [3.63, 3.8) is 0 Å². The highest BCUT2D eigenvalue weighted by atomic mass is 16.5. The predicted octanol–water partition coefficient (Wildman–Crippen LogP) is 6.34. The van der Waals surface area contributed by atoms with Gasteiger partial charge in [-0.1, -0.05) is 62.1 Å². The number of methoxy groups -OCH3 is 1. The molecule has 4 rings (SSSR count). The van der Waals surface area contributed by atoms with Gasteiger partial charge in [0.15, 0.2) is 0 Å². The number of nitrogens with zero attached hydrogens (tertiary/aromatic N) is 2. The van der Waals surface area contributed by atoms with Gasteiger partial charge in [-0.25, -0.2) is 4.79 Å². The SMILES string of the molecule is C(#Cc1ccccc1)c1ccccc1.CC.CO.COc1ccc(NC(=O)N(C)CCCCN2CCC2COCCC=O)cc1. The van der Waals surface area contributed by atoms with Crippen LogP contribution < -0.4 is 10.1 Å². The standard InChI is InChI=1S/C20H31N3O4.C14H10.C2H6.CH4O/c1-22(20(25)21-17-6-8-19(26-2)9-7-17)11-3-4-12-23-13-10-18(23)16-27-15-5-14-24;1-3-7-13(8-4-1)11-12-14-9-5-2-6-10-14;2*1-2/h6-9,14,18H,3-5,10-13,15-16H2,1-2H3,(H,21,25);1-10H;1-2H3;2H,1H3. The lowest BCUT2D eigenvalue weighted by Crippen LogP contribution is -2.50. The zero-order valence-electron chi connectivity index (χ0n) is 27.6. The third kappa shape index (κ3) is 16.5. The molecule has 3 aromatic rings. The molecule has 0 aliphatic carbocycles. The second kappa shape index (κ2) is 25.2. The van der Waals surface area contributed by atoms with E-state index in [9.17, 15) is 9.59 Å². The molecule has 2 amide bonds. The molecule has 0 bridgehead atoms. The van der Waals surface area contributed by atoms with Crippen LogP contribution in [0, 0.1) is 11.8 Å². The highest BCUT2D eigenvalue weighted by Crippen LogP contribution is 2.18. The summed E-state index contributed by atoms with van der Waals surface area (Å²) in [5, 5.41) is 9.89. The highest BCUT2D eigenvalue weighted by Gasteiger charge is 2.27. The van der Waals surface area contributed by atoms with Crippen molar-refractivity contribution < 1.29 is 24.2 Å². The van der Waals surface area contributed by atoms with E-state index < -0.39 is 0 Å². The van der Waals surface area contributed by atoms with Gasteiger partial charge in [-0.15, -0.1) is 0 Å². The van der Waals surface area contributed by atoms with Crippen LogP contribution in [-0.4, -0.2) is 87.4 Å². The summed E-state index contributed by atoms with van der Waals surface area (Å²) in [6.07, 6.45) is 4.52. The number of aliphatic hydroxyl groups excluding tert-OH is 1. The molecule has 1 aliphatic rings. The zero-order chi connectivity index (χ0) is 33.1. The van der Waals surface area contributed by atoms with Crippen LogP contribution in [0.5, 0.6) is 5.75 Å². The van der Waals surface area contributed by atoms with Crippen molar-refractivity contribution in [1.82, 2.24) is 9.80 Å². The molecular formula is C37H51N3O5. The number of carbonyl (C=O) groups is 2. The van der Waals surface area contributed by atoms with Crippen molar-refractivity contribution in [2.75, 3.05) is 59.4 Å². The van der Waals surface area contributed by atoms with Crippen molar-refractivity contribution >= 4 is 18.0 Å². The molecule has 1 fully saturated rings. The maximum Gasteiger partial charge on any atom is 0.321 e. The van der Waals surface area contributed by atoms with E-state index in [1.807, 2.05) is 106 Å². The minimum absolute atomic E-state index is 0.106. The maximum atomic E-state index is 12.2. The molecule has 0 aromatic heterocycles. The van der Waals surface area contributed by atoms with Gasteiger partial charge in [-0.3, -0.25) is 4.90 Å². The maximum absolute atomic E-state index is 12.2. The quantitative estimate of drug-likeness (QED) is 0.140. The Morgan fingerprint density at radius 3 is 2.02 bits per heavy atom. The Hall–Kier alpha value is -4.16. The summed E-state index contributed by atoms with van der Waals surface area (Å²) in [6, 6.07) is 27.7. The molecule has 0 saturated carbocycles. The van der Waals surface area contributed by atoms with Crippen molar-refractivity contribution in [1.29, 1.82) is 0 Å². The summed E-state index contributed by atoms with van der Waals surface area (Å²) in [5.74, 6) is 6.99. The van der Waals surface area contributed by atoms with Crippen LogP contribution in [0.1, 0.15) is 50.7 Å². The van der Waals surface area contributed by atoms with Crippen molar-refractivity contribution in [2.24, 2.45) is 0 Å². The number of likely N-dealkylation sites (tertiary alicyclic amines) is 1. The number of hydrogen-bond acceptors (Lipinski definition) is 6. The molecule has 1 unspecified atom stereocenters. The lowest BCUT2D eigenvalue weighted by Gasteiger charge is -2.41. The van der Waals surface area contributed by atoms with Crippen LogP contribution in [0.15, 0.2) is 84.9 Å². The first-order valence-corrected chi connectivity index (χ1v) is 15.6. The van der Waals surface area contributed by atoms with Gasteiger partial charge in [-0.2, -0.15) is 0 Å². The summed E-state index contributed by atoms with van der Waals surface area (Å²) in [7, 11) is 4.43. The lowest BCUT2D eigenvalue weighted by molar-refractivity contribution is -0.109. The van der Waals surface area contributed by atoms with E-state index in [0.717, 1.165) is 74.9 Å². The summed E-state index contributed by atoms with van der Waals surface area (Å²) >= 11 is 0. The van der Waals surface area contributed by atoms with Gasteiger partial charge < -0.3 is 29.6 Å². The number of benzene rings is 3. The lowest BCUT2D eigenvalue weighted by atomic mass is 10.0. The van der Waals surface area contributed by atoms with E-state index >= 15 is 0 Å². The number of nitrogens with one attached hydrogen (secondary N) is 1. The van der Waals surface area contributed by atoms with Gasteiger partial charge in [0.25, 0.3) is 0 Å². The second-order valence-corrected chi connectivity index (χ2v) is 9.78. The third-order valence-electron chi connectivity index (χ3n) is 6.73. The molecule has 1 saturated heterocycles. The molecule has 8 heteroatoms. The minimum Gasteiger partial charge on any atom is -0.497 e. The Labute approximate surface area is 270 Å². The normalized spacial score (nSPS) is 12.9. The van der Waals surface area contributed by atoms with Gasteiger partial charge >= 0.3 is 6.03 Å². The summed E-state index contributed by atoms with van der Waals surface area (Å²) in [4.78, 5) is 26.6. The number of urea groups is 1. The van der Waals surface area contributed by atoms with Crippen LogP contribution in [0.2, 0.25) is 0 Å². The fraction of sp³-hybridized carbons (Fsp3) is 0.405. The van der Waals surface area contributed by atoms with Crippen molar-refractivity contribution in [3.8, 4) is 17.6 Å². The fourth-order valence-corrected chi connectivity index (χ4v) is 4.17. The second-order valence-electron chi connectivity index (χ2n) is 9.78. The fourth-order valence-electron chi connectivity index (χ4n) is 4.17. The Morgan fingerprint density at radius 1 is 0.956 bits per heavy atom. The zero-order valence-corrected chi connectivity index (χ0v) is 27.6. The van der Waals surface area contributed by atoms with Crippen molar-refractivity contribution in [2.45, 2.75) is 45.6 Å². The summed E-state index contributed by atoms with van der Waals surface area (Å²) < 4.78 is 10.6. The molecule has 1 heterocycles. The average molecular weight is 618 g/mol. The number of anilines is 1. The smallest absolute Gasteiger partial charge is 0.321 e. The first-order valence-electron chi connectivity index (χ1n) is 15.6. The van der Waals surface area contributed by atoms with E-state index in [2.05, 4.69) is 22.1 Å². The predicted molar refractivity (Wildman–Crippen MR) is 184 cm³/mol. The number of ether oxygens (including phenoxy) is 2. The molecule has 8 nitrogen and oxygen atoms in total. The number of hydrogen-bond donors (Lipinski definition) is 2.